The summed E-state index contributed by atoms with van der Waals surface area (Å²) in [6.07, 6.45) is -2.20. The van der Waals surface area contributed by atoms with Crippen LogP contribution in [0.3, 0.4) is 0 Å². The molecule has 6 nitrogen and oxygen atoms in total. The highest BCUT2D eigenvalue weighted by atomic mass is 35.5. The smallest absolute Gasteiger partial charge is 0.429 e. The maximum absolute atomic E-state index is 15.0. The highest BCUT2D eigenvalue weighted by Crippen LogP contribution is 2.40. The summed E-state index contributed by atoms with van der Waals surface area (Å²) < 4.78 is 103. The van der Waals surface area contributed by atoms with Crippen LogP contribution in [0.2, 0.25) is 5.02 Å². The molecule has 0 amide bonds. The monoisotopic (exact) mass is 610 g/mol. The maximum atomic E-state index is 15.0. The lowest BCUT2D eigenvalue weighted by Gasteiger charge is -2.28. The lowest BCUT2D eigenvalue weighted by atomic mass is 10.0. The van der Waals surface area contributed by atoms with E-state index >= 15 is 0 Å². The van der Waals surface area contributed by atoms with Gasteiger partial charge in [0.15, 0.2) is 12.1 Å². The second-order valence-electron chi connectivity index (χ2n) is 9.42. The average molecular weight is 611 g/mol. The summed E-state index contributed by atoms with van der Waals surface area (Å²) in [5.74, 6) is -5.90. The predicted molar refractivity (Wildman–Crippen MR) is 139 cm³/mol. The third-order valence-corrected chi connectivity index (χ3v) is 6.73. The number of ether oxygens (including phenoxy) is 3. The summed E-state index contributed by atoms with van der Waals surface area (Å²) in [6.45, 7) is 0.694. The van der Waals surface area contributed by atoms with Gasteiger partial charge in [-0.1, -0.05) is 23.7 Å². The van der Waals surface area contributed by atoms with E-state index < -0.39 is 47.0 Å². The molecule has 220 valence electrons. The Morgan fingerprint density at radius 3 is 2.07 bits per heavy atom. The molecule has 42 heavy (non-hydrogen) atoms. The first-order valence-corrected chi connectivity index (χ1v) is 12.9. The number of rotatable bonds is 8. The first kappa shape index (κ1) is 29.8. The molecule has 0 spiro atoms. The molecular formula is C29H21ClF6N2O4. The van der Waals surface area contributed by atoms with Crippen LogP contribution in [0.25, 0.3) is 22.5 Å². The van der Waals surface area contributed by atoms with Crippen molar-refractivity contribution in [2.45, 2.75) is 18.8 Å². The van der Waals surface area contributed by atoms with Gasteiger partial charge in [-0.3, -0.25) is 0 Å². The van der Waals surface area contributed by atoms with Gasteiger partial charge in [0.05, 0.1) is 18.2 Å². The fourth-order valence-corrected chi connectivity index (χ4v) is 4.68. The molecule has 13 heteroatoms. The Labute approximate surface area is 240 Å². The SMILES string of the molecule is OCCC1COC(c2cnc(-c3cc(F)c(C(F)(F)Oc4cc(F)c(-c5ccc(F)cc5)c(Cl)c4)c(F)c3)nc2)OC1. The molecular weight excluding hydrogens is 590 g/mol. The number of hydrogen-bond acceptors (Lipinski definition) is 6. The fourth-order valence-electron chi connectivity index (χ4n) is 4.37. The summed E-state index contributed by atoms with van der Waals surface area (Å²) in [5.41, 5.74) is -1.56. The molecule has 5 rings (SSSR count). The normalized spacial score (nSPS) is 17.3. The van der Waals surface area contributed by atoms with Crippen LogP contribution in [0.1, 0.15) is 23.8 Å². The molecule has 1 aromatic heterocycles. The second-order valence-corrected chi connectivity index (χ2v) is 9.83. The van der Waals surface area contributed by atoms with Gasteiger partial charge in [-0.05, 0) is 42.3 Å². The van der Waals surface area contributed by atoms with Crippen molar-refractivity contribution in [3.05, 3.63) is 100 Å². The molecule has 1 N–H and O–H groups in total. The van der Waals surface area contributed by atoms with Crippen molar-refractivity contribution >= 4 is 11.6 Å². The van der Waals surface area contributed by atoms with E-state index in [0.717, 1.165) is 18.2 Å². The molecule has 0 atom stereocenters. The Morgan fingerprint density at radius 1 is 0.881 bits per heavy atom. The van der Waals surface area contributed by atoms with E-state index in [9.17, 15) is 26.3 Å². The van der Waals surface area contributed by atoms with E-state index in [0.29, 0.717) is 43.4 Å². The van der Waals surface area contributed by atoms with Crippen LogP contribution >= 0.6 is 11.6 Å². The molecule has 4 aromatic rings. The zero-order valence-corrected chi connectivity index (χ0v) is 22.2. The van der Waals surface area contributed by atoms with Gasteiger partial charge >= 0.3 is 6.11 Å². The van der Waals surface area contributed by atoms with Gasteiger partial charge in [0.1, 0.15) is 34.6 Å². The number of nitrogens with zero attached hydrogens (tertiary/aromatic N) is 2. The molecule has 0 aliphatic carbocycles. The molecule has 1 aliphatic rings. The summed E-state index contributed by atoms with van der Waals surface area (Å²) in [6, 6.07) is 7.26. The molecule has 1 saturated heterocycles. The minimum atomic E-state index is -4.58. The van der Waals surface area contributed by atoms with Crippen LogP contribution in [0, 0.1) is 29.2 Å². The van der Waals surface area contributed by atoms with Crippen molar-refractivity contribution in [1.29, 1.82) is 0 Å². The van der Waals surface area contributed by atoms with Crippen molar-refractivity contribution in [3.8, 4) is 28.3 Å². The molecule has 0 bridgehead atoms. The van der Waals surface area contributed by atoms with Crippen LogP contribution < -0.4 is 4.74 Å². The van der Waals surface area contributed by atoms with Crippen molar-refractivity contribution in [2.75, 3.05) is 19.8 Å². The average Bonchev–Trinajstić information content (AvgIpc) is 2.93. The Morgan fingerprint density at radius 2 is 1.50 bits per heavy atom. The number of alkyl halides is 2. The zero-order valence-electron chi connectivity index (χ0n) is 21.5. The molecule has 1 aliphatic heterocycles. The van der Waals surface area contributed by atoms with Crippen molar-refractivity contribution < 1.29 is 45.7 Å². The van der Waals surface area contributed by atoms with Gasteiger partial charge < -0.3 is 19.3 Å². The lowest BCUT2D eigenvalue weighted by molar-refractivity contribution is -0.207. The quantitative estimate of drug-likeness (QED) is 0.213. The number of aliphatic hydroxyl groups is 1. The van der Waals surface area contributed by atoms with Gasteiger partial charge in [-0.15, -0.1) is 0 Å². The summed E-state index contributed by atoms with van der Waals surface area (Å²) >= 11 is 6.07. The largest absolute Gasteiger partial charge is 0.432 e. The summed E-state index contributed by atoms with van der Waals surface area (Å²) in [4.78, 5) is 8.08. The van der Waals surface area contributed by atoms with Crippen LogP contribution in [-0.4, -0.2) is 34.9 Å². The van der Waals surface area contributed by atoms with Crippen molar-refractivity contribution in [1.82, 2.24) is 9.97 Å². The number of hydrogen-bond donors (Lipinski definition) is 1. The highest BCUT2D eigenvalue weighted by Gasteiger charge is 2.41. The van der Waals surface area contributed by atoms with Gasteiger partial charge in [0.2, 0.25) is 0 Å². The summed E-state index contributed by atoms with van der Waals surface area (Å²) in [7, 11) is 0. The fraction of sp³-hybridized carbons (Fsp3) is 0.241. The predicted octanol–water partition coefficient (Wildman–Crippen LogP) is 7.19. The van der Waals surface area contributed by atoms with Gasteiger partial charge in [-0.2, -0.15) is 8.78 Å². The first-order chi connectivity index (χ1) is 20.1. The Balaban J connectivity index is 1.34. The highest BCUT2D eigenvalue weighted by molar-refractivity contribution is 6.33. The maximum Gasteiger partial charge on any atom is 0.432 e. The molecule has 0 unspecified atom stereocenters. The van der Waals surface area contributed by atoms with Crippen LogP contribution in [0.5, 0.6) is 5.75 Å². The standard InChI is InChI=1S/C29H21ClF6N2O4/c30-21-9-20(10-22(32)25(21)16-1-3-19(31)4-2-16)42-29(35,36)26-23(33)7-17(8-24(26)34)27-37-11-18(12-38-27)28-40-13-15(5-6-39)14-41-28/h1-4,7-12,15,28,39H,5-6,13-14H2. The number of benzene rings is 3. The van der Waals surface area contributed by atoms with Gasteiger partial charge in [0.25, 0.3) is 0 Å². The number of aromatic nitrogens is 2. The van der Waals surface area contributed by atoms with E-state index in [2.05, 4.69) is 14.7 Å². The third-order valence-electron chi connectivity index (χ3n) is 6.43. The van der Waals surface area contributed by atoms with Crippen LogP contribution in [-0.2, 0) is 15.6 Å². The Hall–Kier alpha value is -3.71. The zero-order chi connectivity index (χ0) is 30.0. The van der Waals surface area contributed by atoms with E-state index in [1.807, 2.05) is 0 Å². The van der Waals surface area contributed by atoms with E-state index in [-0.39, 0.29) is 40.1 Å². The molecule has 0 radical (unpaired) electrons. The summed E-state index contributed by atoms with van der Waals surface area (Å²) in [5, 5.41) is 8.67. The topological polar surface area (TPSA) is 73.7 Å². The van der Waals surface area contributed by atoms with Gasteiger partial charge in [-0.25, -0.2) is 27.5 Å². The second kappa shape index (κ2) is 12.3. The molecule has 2 heterocycles. The van der Waals surface area contributed by atoms with Crippen LogP contribution in [0.4, 0.5) is 26.3 Å². The minimum Gasteiger partial charge on any atom is -0.429 e. The van der Waals surface area contributed by atoms with Gasteiger partial charge in [0, 0.05) is 47.7 Å². The van der Waals surface area contributed by atoms with E-state index in [4.69, 9.17) is 26.2 Å². The van der Waals surface area contributed by atoms with E-state index in [1.54, 1.807) is 0 Å². The molecule has 1 fully saturated rings. The Bertz CT molecular complexity index is 1520. The number of halogens is 7. The van der Waals surface area contributed by atoms with E-state index in [1.165, 1.54) is 24.5 Å². The lowest BCUT2D eigenvalue weighted by Crippen LogP contribution is -2.27. The third kappa shape index (κ3) is 6.36. The van der Waals surface area contributed by atoms with Crippen LogP contribution in [0.15, 0.2) is 60.9 Å². The number of aliphatic hydroxyl groups excluding tert-OH is 1. The molecule has 3 aromatic carbocycles. The first-order valence-electron chi connectivity index (χ1n) is 12.5. The van der Waals surface area contributed by atoms with Crippen molar-refractivity contribution in [3.63, 3.8) is 0 Å². The molecule has 0 saturated carbocycles. The van der Waals surface area contributed by atoms with Crippen molar-refractivity contribution in [2.24, 2.45) is 5.92 Å². The Kier molecular flexibility index (Phi) is 8.69. The minimum absolute atomic E-state index is 0.00266.